The molecule has 0 bridgehead atoms. The Morgan fingerprint density at radius 3 is 1.50 bits per heavy atom. The average molecular weight is 578 g/mol. The highest BCUT2D eigenvalue weighted by atomic mass is 32.1. The van der Waals surface area contributed by atoms with Crippen LogP contribution in [0.2, 0.25) is 0 Å². The summed E-state index contributed by atoms with van der Waals surface area (Å²) in [6.45, 7) is 0. The number of anilines is 3. The fraction of sp³-hybridized carbons (Fsp3) is 0. The molecule has 0 saturated carbocycles. The number of thiophene rings is 1. The summed E-state index contributed by atoms with van der Waals surface area (Å²) in [5, 5.41) is 10.4. The molecule has 0 saturated heterocycles. The highest BCUT2D eigenvalue weighted by molar-refractivity contribution is 7.25. The minimum absolute atomic E-state index is 1.14. The molecule has 9 aromatic rings. The molecule has 0 N–H and O–H groups in total. The zero-order valence-corrected chi connectivity index (χ0v) is 24.8. The number of para-hydroxylation sites is 1. The smallest absolute Gasteiger partial charge is 0.0468 e. The predicted molar refractivity (Wildman–Crippen MR) is 192 cm³/mol. The molecule has 0 fully saturated rings. The standard InChI is InChI=1S/C42H27NS/c1-2-10-30(11-3-1)43(32-23-25-42-40(27-32)38-16-8-9-17-41(38)44-42)31-21-18-28(19-22-31)29-20-24-37-35-14-5-4-12-33(35)34-13-6-7-15-36(34)39(37)26-29/h1-27H. The van der Waals surface area contributed by atoms with Crippen LogP contribution in [-0.2, 0) is 0 Å². The molecule has 0 radical (unpaired) electrons. The van der Waals surface area contributed by atoms with Gasteiger partial charge in [-0.1, -0.05) is 109 Å². The molecule has 2 heteroatoms. The van der Waals surface area contributed by atoms with Crippen LogP contribution in [0.25, 0.3) is 63.6 Å². The van der Waals surface area contributed by atoms with Crippen molar-refractivity contribution in [2.24, 2.45) is 0 Å². The summed E-state index contributed by atoms with van der Waals surface area (Å²) in [6, 6.07) is 59.7. The van der Waals surface area contributed by atoms with Crippen molar-refractivity contribution in [2.75, 3.05) is 4.90 Å². The number of hydrogen-bond acceptors (Lipinski definition) is 2. The van der Waals surface area contributed by atoms with E-state index in [0.29, 0.717) is 0 Å². The van der Waals surface area contributed by atoms with Gasteiger partial charge in [-0.15, -0.1) is 11.3 Å². The fourth-order valence-electron chi connectivity index (χ4n) is 6.77. The van der Waals surface area contributed by atoms with Crippen LogP contribution in [-0.4, -0.2) is 0 Å². The molecule has 0 aliphatic heterocycles. The molecule has 0 atom stereocenters. The second-order valence-electron chi connectivity index (χ2n) is 11.3. The molecule has 0 amide bonds. The maximum atomic E-state index is 2.36. The van der Waals surface area contributed by atoms with Crippen LogP contribution in [0, 0.1) is 0 Å². The normalized spacial score (nSPS) is 11.6. The molecular formula is C42H27NS. The van der Waals surface area contributed by atoms with Gasteiger partial charge in [-0.25, -0.2) is 0 Å². The molecule has 44 heavy (non-hydrogen) atoms. The van der Waals surface area contributed by atoms with Gasteiger partial charge in [0.15, 0.2) is 0 Å². The summed E-state index contributed by atoms with van der Waals surface area (Å²) in [6.07, 6.45) is 0. The van der Waals surface area contributed by atoms with Crippen molar-refractivity contribution in [3.05, 3.63) is 164 Å². The first kappa shape index (κ1) is 25.1. The Morgan fingerprint density at radius 2 is 0.795 bits per heavy atom. The van der Waals surface area contributed by atoms with Crippen molar-refractivity contribution >= 4 is 80.9 Å². The third kappa shape index (κ3) is 4.00. The van der Waals surface area contributed by atoms with Crippen molar-refractivity contribution in [3.63, 3.8) is 0 Å². The molecule has 206 valence electrons. The fourth-order valence-corrected chi connectivity index (χ4v) is 7.85. The highest BCUT2D eigenvalue weighted by Gasteiger charge is 2.15. The Hall–Kier alpha value is -5.44. The highest BCUT2D eigenvalue weighted by Crippen LogP contribution is 2.41. The van der Waals surface area contributed by atoms with Gasteiger partial charge in [0, 0.05) is 37.2 Å². The minimum Gasteiger partial charge on any atom is -0.310 e. The topological polar surface area (TPSA) is 3.24 Å². The quantitative estimate of drug-likeness (QED) is 0.188. The van der Waals surface area contributed by atoms with Crippen molar-refractivity contribution < 1.29 is 0 Å². The van der Waals surface area contributed by atoms with Gasteiger partial charge in [-0.05, 0) is 98.0 Å². The molecule has 1 heterocycles. The number of rotatable bonds is 4. The Labute approximate surface area is 259 Å². The summed E-state index contributed by atoms with van der Waals surface area (Å²) < 4.78 is 2.64. The van der Waals surface area contributed by atoms with Gasteiger partial charge in [-0.3, -0.25) is 0 Å². The lowest BCUT2D eigenvalue weighted by atomic mass is 9.92. The number of fused-ring (bicyclic) bond motifs is 9. The first-order valence-corrected chi connectivity index (χ1v) is 15.8. The lowest BCUT2D eigenvalue weighted by Crippen LogP contribution is -2.09. The molecular weight excluding hydrogens is 551 g/mol. The van der Waals surface area contributed by atoms with Crippen LogP contribution in [0.3, 0.4) is 0 Å². The zero-order chi connectivity index (χ0) is 29.0. The van der Waals surface area contributed by atoms with Gasteiger partial charge in [0.2, 0.25) is 0 Å². The van der Waals surface area contributed by atoms with Gasteiger partial charge >= 0.3 is 0 Å². The SMILES string of the molecule is c1ccc(N(c2ccc(-c3ccc4c5ccccc5c5ccccc5c4c3)cc2)c2ccc3sc4ccccc4c3c2)cc1. The molecule has 1 nitrogen and oxygen atoms in total. The third-order valence-corrected chi connectivity index (χ3v) is 9.99. The molecule has 0 aliphatic carbocycles. The summed E-state index contributed by atoms with van der Waals surface area (Å²) in [7, 11) is 0. The molecule has 9 rings (SSSR count). The summed E-state index contributed by atoms with van der Waals surface area (Å²) in [4.78, 5) is 2.36. The molecule has 0 aliphatic rings. The van der Waals surface area contributed by atoms with Gasteiger partial charge in [0.05, 0.1) is 0 Å². The van der Waals surface area contributed by atoms with E-state index in [-0.39, 0.29) is 0 Å². The average Bonchev–Trinajstić information content (AvgIpc) is 3.47. The van der Waals surface area contributed by atoms with Crippen LogP contribution in [0.5, 0.6) is 0 Å². The van der Waals surface area contributed by atoms with E-state index in [1.54, 1.807) is 0 Å². The van der Waals surface area contributed by atoms with E-state index in [2.05, 4.69) is 169 Å². The second kappa shape index (κ2) is 10.1. The van der Waals surface area contributed by atoms with Crippen LogP contribution in [0.15, 0.2) is 164 Å². The van der Waals surface area contributed by atoms with Crippen LogP contribution < -0.4 is 4.90 Å². The van der Waals surface area contributed by atoms with E-state index in [0.717, 1.165) is 17.1 Å². The van der Waals surface area contributed by atoms with Gasteiger partial charge in [-0.2, -0.15) is 0 Å². The Morgan fingerprint density at radius 1 is 0.295 bits per heavy atom. The number of nitrogens with zero attached hydrogens (tertiary/aromatic N) is 1. The van der Waals surface area contributed by atoms with E-state index >= 15 is 0 Å². The summed E-state index contributed by atoms with van der Waals surface area (Å²) >= 11 is 1.86. The van der Waals surface area contributed by atoms with Crippen molar-refractivity contribution in [1.82, 2.24) is 0 Å². The first-order valence-electron chi connectivity index (χ1n) is 15.0. The largest absolute Gasteiger partial charge is 0.310 e. The maximum absolute atomic E-state index is 2.36. The Kier molecular flexibility index (Phi) is 5.75. The number of hydrogen-bond donors (Lipinski definition) is 0. The monoisotopic (exact) mass is 577 g/mol. The van der Waals surface area contributed by atoms with Crippen molar-refractivity contribution in [1.29, 1.82) is 0 Å². The Balaban J connectivity index is 1.17. The van der Waals surface area contributed by atoms with Crippen molar-refractivity contribution in [3.8, 4) is 11.1 Å². The van der Waals surface area contributed by atoms with E-state index < -0.39 is 0 Å². The summed E-state index contributed by atoms with van der Waals surface area (Å²) in [5.74, 6) is 0. The first-order chi connectivity index (χ1) is 21.8. The molecule has 0 spiro atoms. The van der Waals surface area contributed by atoms with E-state index in [9.17, 15) is 0 Å². The van der Waals surface area contributed by atoms with E-state index in [4.69, 9.17) is 0 Å². The van der Waals surface area contributed by atoms with Gasteiger partial charge < -0.3 is 4.90 Å². The van der Waals surface area contributed by atoms with E-state index in [1.165, 1.54) is 63.6 Å². The lowest BCUT2D eigenvalue weighted by molar-refractivity contribution is 1.29. The van der Waals surface area contributed by atoms with Crippen molar-refractivity contribution in [2.45, 2.75) is 0 Å². The van der Waals surface area contributed by atoms with Crippen LogP contribution >= 0.6 is 11.3 Å². The number of benzene rings is 8. The predicted octanol–water partition coefficient (Wildman–Crippen LogP) is 12.7. The third-order valence-electron chi connectivity index (χ3n) is 8.84. The Bertz CT molecular complexity index is 2450. The molecule has 1 aromatic heterocycles. The van der Waals surface area contributed by atoms with Gasteiger partial charge in [0.1, 0.15) is 0 Å². The van der Waals surface area contributed by atoms with Crippen LogP contribution in [0.4, 0.5) is 17.1 Å². The minimum atomic E-state index is 1.14. The van der Waals surface area contributed by atoms with Gasteiger partial charge in [0.25, 0.3) is 0 Å². The van der Waals surface area contributed by atoms with E-state index in [1.807, 2.05) is 11.3 Å². The van der Waals surface area contributed by atoms with Crippen LogP contribution in [0.1, 0.15) is 0 Å². The zero-order valence-electron chi connectivity index (χ0n) is 23.9. The maximum Gasteiger partial charge on any atom is 0.0468 e. The molecule has 0 unspecified atom stereocenters. The summed E-state index contributed by atoms with van der Waals surface area (Å²) in [5.41, 5.74) is 5.87. The molecule has 8 aromatic carbocycles. The second-order valence-corrected chi connectivity index (χ2v) is 12.4. The lowest BCUT2D eigenvalue weighted by Gasteiger charge is -2.26.